The number of nitrogens with zero attached hydrogens (tertiary/aromatic N) is 3. The van der Waals surface area contributed by atoms with E-state index in [0.29, 0.717) is 42.4 Å². The van der Waals surface area contributed by atoms with Gasteiger partial charge >= 0.3 is 6.09 Å². The zero-order valence-corrected chi connectivity index (χ0v) is 19.7. The molecule has 33 heavy (non-hydrogen) atoms. The molecule has 1 saturated heterocycles. The van der Waals surface area contributed by atoms with Crippen LogP contribution in [0.25, 0.3) is 16.9 Å². The number of anilines is 1. The highest BCUT2D eigenvalue weighted by Gasteiger charge is 2.22. The second-order valence-corrected chi connectivity index (χ2v) is 11.4. The number of pyridine rings is 1. The van der Waals surface area contributed by atoms with Crippen molar-refractivity contribution in [1.82, 2.24) is 14.3 Å². The predicted molar refractivity (Wildman–Crippen MR) is 124 cm³/mol. The Labute approximate surface area is 192 Å². The van der Waals surface area contributed by atoms with Crippen molar-refractivity contribution in [3.05, 3.63) is 54.0 Å². The summed E-state index contributed by atoms with van der Waals surface area (Å²) in [6.07, 6.45) is 1.00. The van der Waals surface area contributed by atoms with Gasteiger partial charge in [0.2, 0.25) is 0 Å². The molecule has 1 aliphatic heterocycles. The second kappa shape index (κ2) is 8.75. The van der Waals surface area contributed by atoms with Gasteiger partial charge in [0, 0.05) is 25.2 Å². The Morgan fingerprint density at radius 1 is 1.18 bits per heavy atom. The number of amides is 1. The van der Waals surface area contributed by atoms with E-state index in [1.54, 1.807) is 55.6 Å². The summed E-state index contributed by atoms with van der Waals surface area (Å²) in [6, 6.07) is 10.3. The topological polar surface area (TPSA) is 93.0 Å². The highest BCUT2D eigenvalue weighted by atomic mass is 32.2. The van der Waals surface area contributed by atoms with E-state index < -0.39 is 21.5 Å². The predicted octanol–water partition coefficient (Wildman–Crippen LogP) is 3.72. The number of carbonyl (C=O) groups excluding carboxylic acids is 1. The molecule has 8 nitrogen and oxygen atoms in total. The highest BCUT2D eigenvalue weighted by Crippen LogP contribution is 2.26. The maximum atomic E-state index is 15.1. The molecule has 0 atom stereocenters. The van der Waals surface area contributed by atoms with Crippen LogP contribution in [0.1, 0.15) is 26.3 Å². The lowest BCUT2D eigenvalue weighted by atomic mass is 10.1. The molecule has 10 heteroatoms. The van der Waals surface area contributed by atoms with Gasteiger partial charge in [0.1, 0.15) is 17.1 Å². The molecule has 0 unspecified atom stereocenters. The summed E-state index contributed by atoms with van der Waals surface area (Å²) in [7, 11) is -2.95. The Morgan fingerprint density at radius 3 is 2.58 bits per heavy atom. The Morgan fingerprint density at radius 2 is 1.91 bits per heavy atom. The van der Waals surface area contributed by atoms with Gasteiger partial charge in [-0.3, -0.25) is 14.6 Å². The van der Waals surface area contributed by atoms with Crippen LogP contribution in [0.2, 0.25) is 0 Å². The molecule has 1 fully saturated rings. The second-order valence-electron chi connectivity index (χ2n) is 9.13. The van der Waals surface area contributed by atoms with Crippen LogP contribution in [0, 0.1) is 5.82 Å². The van der Waals surface area contributed by atoms with Crippen molar-refractivity contribution in [3.8, 4) is 11.3 Å². The third kappa shape index (κ3) is 5.69. The van der Waals surface area contributed by atoms with Crippen LogP contribution in [0.15, 0.2) is 42.6 Å². The molecule has 3 aromatic rings. The van der Waals surface area contributed by atoms with E-state index in [4.69, 9.17) is 4.74 Å². The van der Waals surface area contributed by atoms with Crippen LogP contribution < -0.4 is 5.32 Å². The van der Waals surface area contributed by atoms with Crippen LogP contribution in [-0.4, -0.2) is 59.0 Å². The van der Waals surface area contributed by atoms with Crippen molar-refractivity contribution in [2.75, 3.05) is 29.9 Å². The third-order valence-electron chi connectivity index (χ3n) is 5.27. The molecule has 2 aromatic heterocycles. The number of ether oxygens (including phenoxy) is 1. The number of nitrogens with one attached hydrogen (secondary N) is 1. The molecule has 176 valence electrons. The molecule has 4 rings (SSSR count). The van der Waals surface area contributed by atoms with Crippen LogP contribution in [0.4, 0.5) is 15.0 Å². The van der Waals surface area contributed by atoms with E-state index in [1.165, 1.54) is 6.07 Å². The SMILES string of the molecule is CC(C)(C)OC(=O)Nc1cn2c(-c3ccc(CN4CCS(=O)(=O)CC4)cc3F)cccc2n1. The summed E-state index contributed by atoms with van der Waals surface area (Å²) < 4.78 is 45.3. The lowest BCUT2D eigenvalue weighted by molar-refractivity contribution is 0.0635. The number of imidazole rings is 1. The average molecular weight is 475 g/mol. The zero-order chi connectivity index (χ0) is 23.8. The summed E-state index contributed by atoms with van der Waals surface area (Å²) in [6.45, 7) is 6.71. The van der Waals surface area contributed by atoms with Crippen LogP contribution >= 0.6 is 0 Å². The summed E-state index contributed by atoms with van der Waals surface area (Å²) in [5.74, 6) is 0.180. The Bertz CT molecular complexity index is 1280. The molecule has 1 N–H and O–H groups in total. The van der Waals surface area contributed by atoms with Crippen molar-refractivity contribution in [2.24, 2.45) is 0 Å². The lowest BCUT2D eigenvalue weighted by Gasteiger charge is -2.26. The van der Waals surface area contributed by atoms with Crippen molar-refractivity contribution >= 4 is 27.4 Å². The number of rotatable bonds is 4. The van der Waals surface area contributed by atoms with E-state index in [1.807, 2.05) is 11.0 Å². The molecule has 1 aliphatic rings. The average Bonchev–Trinajstić information content (AvgIpc) is 3.11. The monoisotopic (exact) mass is 474 g/mol. The van der Waals surface area contributed by atoms with Crippen molar-refractivity contribution in [1.29, 1.82) is 0 Å². The molecule has 0 bridgehead atoms. The number of aromatic nitrogens is 2. The quantitative estimate of drug-likeness (QED) is 0.620. The van der Waals surface area contributed by atoms with Gasteiger partial charge < -0.3 is 4.74 Å². The van der Waals surface area contributed by atoms with Crippen molar-refractivity contribution in [2.45, 2.75) is 32.9 Å². The number of hydrogen-bond donors (Lipinski definition) is 1. The minimum Gasteiger partial charge on any atom is -0.444 e. The Kier molecular flexibility index (Phi) is 6.15. The molecule has 0 aliphatic carbocycles. The molecule has 1 amide bonds. The van der Waals surface area contributed by atoms with Gasteiger partial charge in [-0.05, 0) is 50.6 Å². The Balaban J connectivity index is 1.55. The van der Waals surface area contributed by atoms with Gasteiger partial charge in [0.15, 0.2) is 15.7 Å². The number of fused-ring (bicyclic) bond motifs is 1. The van der Waals surface area contributed by atoms with E-state index in [2.05, 4.69) is 10.3 Å². The molecule has 0 saturated carbocycles. The van der Waals surface area contributed by atoms with Gasteiger partial charge in [-0.15, -0.1) is 0 Å². The van der Waals surface area contributed by atoms with Gasteiger partial charge in [-0.25, -0.2) is 22.6 Å². The fraction of sp³-hybridized carbons (Fsp3) is 0.391. The van der Waals surface area contributed by atoms with Crippen molar-refractivity contribution in [3.63, 3.8) is 0 Å². The first-order valence-corrected chi connectivity index (χ1v) is 12.5. The van der Waals surface area contributed by atoms with Crippen molar-refractivity contribution < 1.29 is 22.3 Å². The first kappa shape index (κ1) is 23.2. The van der Waals surface area contributed by atoms with Gasteiger partial charge in [-0.2, -0.15) is 0 Å². The minimum atomic E-state index is -2.95. The summed E-state index contributed by atoms with van der Waals surface area (Å²) in [5.41, 5.74) is 1.68. The first-order valence-electron chi connectivity index (χ1n) is 10.7. The first-order chi connectivity index (χ1) is 15.5. The van der Waals surface area contributed by atoms with Gasteiger partial charge in [0.05, 0.1) is 23.4 Å². The van der Waals surface area contributed by atoms with Gasteiger partial charge in [-0.1, -0.05) is 12.1 Å². The number of benzene rings is 1. The van der Waals surface area contributed by atoms with Gasteiger partial charge in [0.25, 0.3) is 0 Å². The zero-order valence-electron chi connectivity index (χ0n) is 18.8. The number of hydrogen-bond acceptors (Lipinski definition) is 6. The molecule has 0 radical (unpaired) electrons. The summed E-state index contributed by atoms with van der Waals surface area (Å²) in [4.78, 5) is 18.5. The van der Waals surface area contributed by atoms with E-state index >= 15 is 4.39 Å². The third-order valence-corrected chi connectivity index (χ3v) is 6.88. The number of halogens is 1. The molecular formula is C23H27FN4O4S. The maximum absolute atomic E-state index is 15.1. The summed E-state index contributed by atoms with van der Waals surface area (Å²) in [5, 5.41) is 2.61. The standard InChI is InChI=1S/C23H27FN4O4S/c1-23(2,3)32-22(29)26-20-15-28-19(5-4-6-21(28)25-20)17-8-7-16(13-18(17)24)14-27-9-11-33(30,31)12-10-27/h4-8,13,15H,9-12,14H2,1-3H3,(H,26,29). The van der Waals surface area contributed by atoms with E-state index in [9.17, 15) is 13.2 Å². The van der Waals surface area contributed by atoms with Crippen LogP contribution in [-0.2, 0) is 21.1 Å². The normalized spacial score (nSPS) is 16.6. The van der Waals surface area contributed by atoms with E-state index in [-0.39, 0.29) is 17.3 Å². The van der Waals surface area contributed by atoms with Crippen LogP contribution in [0.5, 0.6) is 0 Å². The number of carbonyl (C=O) groups is 1. The molecule has 3 heterocycles. The maximum Gasteiger partial charge on any atom is 0.413 e. The Hall–Kier alpha value is -2.98. The minimum absolute atomic E-state index is 0.135. The molecule has 1 aromatic carbocycles. The van der Waals surface area contributed by atoms with Crippen LogP contribution in [0.3, 0.4) is 0 Å². The fourth-order valence-corrected chi connectivity index (χ4v) is 5.01. The molecule has 0 spiro atoms. The summed E-state index contributed by atoms with van der Waals surface area (Å²) >= 11 is 0. The molecular weight excluding hydrogens is 447 g/mol. The highest BCUT2D eigenvalue weighted by molar-refractivity contribution is 7.91. The van der Waals surface area contributed by atoms with E-state index in [0.717, 1.165) is 5.56 Å². The fourth-order valence-electron chi connectivity index (χ4n) is 3.73. The lowest BCUT2D eigenvalue weighted by Crippen LogP contribution is -2.39. The largest absolute Gasteiger partial charge is 0.444 e. The number of sulfone groups is 1. The smallest absolute Gasteiger partial charge is 0.413 e.